The largest absolute Gasteiger partial charge is 0.366 e. The first-order chi connectivity index (χ1) is 9.36. The average molecular weight is 258 g/mol. The molecule has 2 aromatic heterocycles. The van der Waals surface area contributed by atoms with E-state index in [2.05, 4.69) is 36.8 Å². The molecule has 3 rings (SSSR count). The summed E-state index contributed by atoms with van der Waals surface area (Å²) in [5, 5.41) is 23.5. The summed E-state index contributed by atoms with van der Waals surface area (Å²) in [6.07, 6.45) is 5.35. The molecule has 0 spiro atoms. The Morgan fingerprint density at radius 3 is 3.00 bits per heavy atom. The van der Waals surface area contributed by atoms with E-state index in [0.29, 0.717) is 18.2 Å². The third-order valence-corrected chi connectivity index (χ3v) is 3.34. The molecule has 3 heterocycles. The van der Waals surface area contributed by atoms with E-state index in [1.54, 1.807) is 16.9 Å². The Morgan fingerprint density at radius 2 is 2.21 bits per heavy atom. The lowest BCUT2D eigenvalue weighted by Crippen LogP contribution is -2.39. The summed E-state index contributed by atoms with van der Waals surface area (Å²) < 4.78 is 1.65. The van der Waals surface area contributed by atoms with Crippen LogP contribution in [0.5, 0.6) is 0 Å². The average Bonchev–Trinajstić information content (AvgIpc) is 2.91. The minimum Gasteiger partial charge on any atom is -0.366 e. The van der Waals surface area contributed by atoms with Gasteiger partial charge in [0.05, 0.1) is 25.0 Å². The van der Waals surface area contributed by atoms with Crippen molar-refractivity contribution in [2.24, 2.45) is 0 Å². The molecule has 98 valence electrons. The number of fused-ring (bicyclic) bond motifs is 1. The Balaban J connectivity index is 1.67. The molecule has 0 unspecified atom stereocenters. The van der Waals surface area contributed by atoms with Crippen molar-refractivity contribution in [1.82, 2.24) is 29.9 Å². The van der Waals surface area contributed by atoms with Crippen molar-refractivity contribution < 1.29 is 0 Å². The number of rotatable bonds is 3. The Morgan fingerprint density at radius 1 is 1.37 bits per heavy atom. The first kappa shape index (κ1) is 11.8. The molecule has 0 radical (unpaired) electrons. The second kappa shape index (κ2) is 5.16. The number of tetrazole rings is 1. The molecule has 0 amide bonds. The van der Waals surface area contributed by atoms with Crippen molar-refractivity contribution >= 4 is 11.5 Å². The quantitative estimate of drug-likeness (QED) is 0.769. The number of nitriles is 1. The van der Waals surface area contributed by atoms with Crippen LogP contribution in [0.4, 0.5) is 5.82 Å². The predicted octanol–water partition coefficient (Wildman–Crippen LogP) is -0.0808. The highest BCUT2D eigenvalue weighted by Crippen LogP contribution is 2.15. The monoisotopic (exact) mass is 258 g/mol. The first-order valence-corrected chi connectivity index (χ1v) is 6.25. The Labute approximate surface area is 110 Å². The van der Waals surface area contributed by atoms with Crippen LogP contribution in [-0.2, 0) is 0 Å². The number of nitrogens with zero attached hydrogens (tertiary/aromatic N) is 7. The van der Waals surface area contributed by atoms with Crippen LogP contribution in [0.1, 0.15) is 12.8 Å². The van der Waals surface area contributed by atoms with Crippen LogP contribution < -0.4 is 5.32 Å². The van der Waals surface area contributed by atoms with Crippen LogP contribution in [0, 0.1) is 11.3 Å². The fraction of sp³-hybridized carbons (Fsp3) is 0.545. The number of nitrogens with one attached hydrogen (secondary N) is 1. The molecule has 0 atom stereocenters. The fourth-order valence-electron chi connectivity index (χ4n) is 2.32. The van der Waals surface area contributed by atoms with Crippen molar-refractivity contribution in [3.63, 3.8) is 0 Å². The second-order valence-electron chi connectivity index (χ2n) is 4.59. The summed E-state index contributed by atoms with van der Waals surface area (Å²) in [5.74, 6) is 0.807. The molecule has 0 bridgehead atoms. The number of anilines is 1. The van der Waals surface area contributed by atoms with Crippen LogP contribution in [0.2, 0.25) is 0 Å². The van der Waals surface area contributed by atoms with Crippen molar-refractivity contribution in [3.05, 3.63) is 12.4 Å². The standard InChI is InChI=1S/C11H14N8/c12-3-6-18-4-1-9(2-5-18)14-10-7-13-8-11-15-16-17-19(10)11/h7-9,14H,1-2,4-6H2. The molecule has 1 aliphatic heterocycles. The molecule has 0 aromatic carbocycles. The van der Waals surface area contributed by atoms with E-state index in [4.69, 9.17) is 5.26 Å². The number of hydrogen-bond donors (Lipinski definition) is 1. The van der Waals surface area contributed by atoms with Gasteiger partial charge in [-0.15, -0.1) is 5.10 Å². The number of hydrogen-bond acceptors (Lipinski definition) is 7. The van der Waals surface area contributed by atoms with Gasteiger partial charge in [0.15, 0.2) is 11.5 Å². The predicted molar refractivity (Wildman–Crippen MR) is 67.3 cm³/mol. The maximum absolute atomic E-state index is 8.67. The van der Waals surface area contributed by atoms with E-state index < -0.39 is 0 Å². The van der Waals surface area contributed by atoms with Gasteiger partial charge in [-0.25, -0.2) is 0 Å². The van der Waals surface area contributed by atoms with Crippen molar-refractivity contribution in [2.45, 2.75) is 18.9 Å². The summed E-state index contributed by atoms with van der Waals surface area (Å²) >= 11 is 0. The van der Waals surface area contributed by atoms with E-state index in [1.165, 1.54) is 0 Å². The molecule has 8 nitrogen and oxygen atoms in total. The van der Waals surface area contributed by atoms with Gasteiger partial charge in [0.25, 0.3) is 0 Å². The highest BCUT2D eigenvalue weighted by atomic mass is 15.5. The van der Waals surface area contributed by atoms with Gasteiger partial charge in [0, 0.05) is 19.1 Å². The fourth-order valence-corrected chi connectivity index (χ4v) is 2.32. The summed E-state index contributed by atoms with van der Waals surface area (Å²) in [6, 6.07) is 2.55. The second-order valence-corrected chi connectivity index (χ2v) is 4.59. The third-order valence-electron chi connectivity index (χ3n) is 3.34. The molecule has 1 N–H and O–H groups in total. The Kier molecular flexibility index (Phi) is 3.20. The minimum atomic E-state index is 0.367. The zero-order chi connectivity index (χ0) is 13.1. The Hall–Kier alpha value is -2.27. The molecule has 0 aliphatic carbocycles. The molecule has 0 saturated carbocycles. The maximum Gasteiger partial charge on any atom is 0.199 e. The zero-order valence-corrected chi connectivity index (χ0v) is 10.4. The molecule has 19 heavy (non-hydrogen) atoms. The maximum atomic E-state index is 8.67. The lowest BCUT2D eigenvalue weighted by molar-refractivity contribution is 0.242. The van der Waals surface area contributed by atoms with Gasteiger partial charge in [-0.3, -0.25) is 9.88 Å². The number of likely N-dealkylation sites (tertiary alicyclic amines) is 1. The van der Waals surface area contributed by atoms with Gasteiger partial charge < -0.3 is 5.32 Å². The zero-order valence-electron chi connectivity index (χ0n) is 10.4. The van der Waals surface area contributed by atoms with Gasteiger partial charge in [-0.1, -0.05) is 0 Å². The highest BCUT2D eigenvalue weighted by Gasteiger charge is 2.19. The van der Waals surface area contributed by atoms with E-state index in [1.807, 2.05) is 0 Å². The molecule has 2 aromatic rings. The minimum absolute atomic E-state index is 0.367. The molecular formula is C11H14N8. The van der Waals surface area contributed by atoms with E-state index in [9.17, 15) is 0 Å². The van der Waals surface area contributed by atoms with Gasteiger partial charge in [0.2, 0.25) is 0 Å². The van der Waals surface area contributed by atoms with Gasteiger partial charge >= 0.3 is 0 Å². The smallest absolute Gasteiger partial charge is 0.199 e. The lowest BCUT2D eigenvalue weighted by atomic mass is 10.1. The van der Waals surface area contributed by atoms with Crippen LogP contribution in [0.3, 0.4) is 0 Å². The Bertz CT molecular complexity index is 592. The third kappa shape index (κ3) is 2.46. The van der Waals surface area contributed by atoms with Crippen LogP contribution in [0.25, 0.3) is 5.65 Å². The molecular weight excluding hydrogens is 244 g/mol. The van der Waals surface area contributed by atoms with E-state index in [0.717, 1.165) is 31.7 Å². The normalized spacial score (nSPS) is 17.4. The van der Waals surface area contributed by atoms with Crippen LogP contribution in [0.15, 0.2) is 12.4 Å². The number of piperidine rings is 1. The van der Waals surface area contributed by atoms with E-state index in [-0.39, 0.29) is 0 Å². The SMILES string of the molecule is N#CCN1CCC(Nc2cncc3nnnn23)CC1. The van der Waals surface area contributed by atoms with Crippen molar-refractivity contribution in [3.8, 4) is 6.07 Å². The summed E-state index contributed by atoms with van der Waals surface area (Å²) in [5.41, 5.74) is 0.631. The van der Waals surface area contributed by atoms with Crippen molar-refractivity contribution in [1.29, 1.82) is 5.26 Å². The van der Waals surface area contributed by atoms with Crippen LogP contribution in [-0.4, -0.2) is 55.6 Å². The van der Waals surface area contributed by atoms with Gasteiger partial charge in [-0.05, 0) is 23.3 Å². The number of aromatic nitrogens is 5. The molecule has 8 heteroatoms. The summed E-state index contributed by atoms with van der Waals surface area (Å²) in [6.45, 7) is 2.38. The molecule has 1 saturated heterocycles. The summed E-state index contributed by atoms with van der Waals surface area (Å²) in [4.78, 5) is 6.28. The molecule has 1 fully saturated rings. The van der Waals surface area contributed by atoms with Crippen LogP contribution >= 0.6 is 0 Å². The lowest BCUT2D eigenvalue weighted by Gasteiger charge is -2.31. The topological polar surface area (TPSA) is 95.0 Å². The van der Waals surface area contributed by atoms with E-state index >= 15 is 0 Å². The highest BCUT2D eigenvalue weighted by molar-refractivity contribution is 5.44. The van der Waals surface area contributed by atoms with Crippen molar-refractivity contribution in [2.75, 3.05) is 25.0 Å². The van der Waals surface area contributed by atoms with Gasteiger partial charge in [0.1, 0.15) is 0 Å². The summed E-state index contributed by atoms with van der Waals surface area (Å²) in [7, 11) is 0. The molecule has 1 aliphatic rings. The van der Waals surface area contributed by atoms with Gasteiger partial charge in [-0.2, -0.15) is 9.78 Å². The first-order valence-electron chi connectivity index (χ1n) is 6.25.